The summed E-state index contributed by atoms with van der Waals surface area (Å²) in [5.41, 5.74) is 2.62. The molecule has 15 heavy (non-hydrogen) atoms. The van der Waals surface area contributed by atoms with Gasteiger partial charge in [-0.05, 0) is 32.9 Å². The van der Waals surface area contributed by atoms with Crippen LogP contribution in [-0.2, 0) is 4.74 Å². The highest BCUT2D eigenvalue weighted by Gasteiger charge is 2.25. The molecule has 1 aliphatic rings. The van der Waals surface area contributed by atoms with E-state index in [0.717, 1.165) is 13.2 Å². The van der Waals surface area contributed by atoms with Crippen LogP contribution in [0.1, 0.15) is 19.4 Å². The van der Waals surface area contributed by atoms with Crippen molar-refractivity contribution < 1.29 is 4.74 Å². The van der Waals surface area contributed by atoms with Crippen molar-refractivity contribution in [2.75, 3.05) is 18.1 Å². The number of anilines is 1. The summed E-state index contributed by atoms with van der Waals surface area (Å²) in [5.74, 6) is 0. The zero-order valence-corrected chi connectivity index (χ0v) is 9.73. The van der Waals surface area contributed by atoms with Gasteiger partial charge in [-0.25, -0.2) is 0 Å². The molecule has 82 valence electrons. The lowest BCUT2D eigenvalue weighted by Crippen LogP contribution is -2.49. The molecule has 0 unspecified atom stereocenters. The maximum atomic E-state index is 5.53. The number of morpholine rings is 1. The van der Waals surface area contributed by atoms with E-state index in [2.05, 4.69) is 49.9 Å². The zero-order valence-electron chi connectivity index (χ0n) is 9.73. The Labute approximate surface area is 91.9 Å². The fourth-order valence-corrected chi connectivity index (χ4v) is 2.23. The van der Waals surface area contributed by atoms with Crippen molar-refractivity contribution in [3.63, 3.8) is 0 Å². The molecule has 1 aliphatic heterocycles. The third-order valence-electron chi connectivity index (χ3n) is 3.00. The van der Waals surface area contributed by atoms with Crippen LogP contribution >= 0.6 is 0 Å². The highest BCUT2D eigenvalue weighted by atomic mass is 16.5. The second kappa shape index (κ2) is 4.23. The summed E-state index contributed by atoms with van der Waals surface area (Å²) in [6, 6.07) is 9.68. The van der Waals surface area contributed by atoms with Gasteiger partial charge in [-0.2, -0.15) is 0 Å². The standard InChI is InChI=1S/C13H19NO/c1-10-4-6-13(7-5-10)14-11(2)8-15-9-12(14)3/h4-7,11-12H,8-9H2,1-3H3/t11-,12+. The molecule has 1 heterocycles. The largest absolute Gasteiger partial charge is 0.377 e. The van der Waals surface area contributed by atoms with E-state index in [1.165, 1.54) is 11.3 Å². The van der Waals surface area contributed by atoms with Gasteiger partial charge in [-0.1, -0.05) is 17.7 Å². The third-order valence-corrected chi connectivity index (χ3v) is 3.00. The van der Waals surface area contributed by atoms with Crippen molar-refractivity contribution in [2.45, 2.75) is 32.9 Å². The van der Waals surface area contributed by atoms with Crippen LogP contribution in [0.15, 0.2) is 24.3 Å². The Morgan fingerprint density at radius 1 is 1.07 bits per heavy atom. The second-order valence-corrected chi connectivity index (χ2v) is 4.48. The maximum absolute atomic E-state index is 5.53. The molecule has 0 amide bonds. The number of hydrogen-bond acceptors (Lipinski definition) is 2. The third kappa shape index (κ3) is 2.15. The second-order valence-electron chi connectivity index (χ2n) is 4.48. The number of benzene rings is 1. The molecule has 1 fully saturated rings. The smallest absolute Gasteiger partial charge is 0.0668 e. The fraction of sp³-hybridized carbons (Fsp3) is 0.538. The van der Waals surface area contributed by atoms with Gasteiger partial charge >= 0.3 is 0 Å². The lowest BCUT2D eigenvalue weighted by Gasteiger charge is -2.40. The maximum Gasteiger partial charge on any atom is 0.0668 e. The molecular weight excluding hydrogens is 186 g/mol. The zero-order chi connectivity index (χ0) is 10.8. The van der Waals surface area contributed by atoms with Crippen molar-refractivity contribution in [3.05, 3.63) is 29.8 Å². The Kier molecular flexibility index (Phi) is 2.96. The van der Waals surface area contributed by atoms with E-state index >= 15 is 0 Å². The van der Waals surface area contributed by atoms with E-state index in [0.29, 0.717) is 12.1 Å². The predicted molar refractivity (Wildman–Crippen MR) is 63.4 cm³/mol. The van der Waals surface area contributed by atoms with Crippen LogP contribution < -0.4 is 4.90 Å². The lowest BCUT2D eigenvalue weighted by molar-refractivity contribution is 0.0757. The van der Waals surface area contributed by atoms with E-state index in [-0.39, 0.29) is 0 Å². The molecule has 1 aromatic carbocycles. The van der Waals surface area contributed by atoms with Gasteiger partial charge in [-0.15, -0.1) is 0 Å². The summed E-state index contributed by atoms with van der Waals surface area (Å²) in [5, 5.41) is 0. The first kappa shape index (κ1) is 10.5. The summed E-state index contributed by atoms with van der Waals surface area (Å²) >= 11 is 0. The molecule has 0 radical (unpaired) electrons. The molecule has 0 N–H and O–H groups in total. The Hall–Kier alpha value is -1.02. The Balaban J connectivity index is 2.23. The normalized spacial score (nSPS) is 26.7. The van der Waals surface area contributed by atoms with Crippen molar-refractivity contribution >= 4 is 5.69 Å². The molecule has 2 heteroatoms. The number of ether oxygens (including phenoxy) is 1. The number of aryl methyl sites for hydroxylation is 1. The predicted octanol–water partition coefficient (Wildman–Crippen LogP) is 2.61. The van der Waals surface area contributed by atoms with Crippen LogP contribution in [0.25, 0.3) is 0 Å². The van der Waals surface area contributed by atoms with E-state index in [1.807, 2.05) is 0 Å². The quantitative estimate of drug-likeness (QED) is 0.698. The van der Waals surface area contributed by atoms with E-state index in [4.69, 9.17) is 4.74 Å². The summed E-state index contributed by atoms with van der Waals surface area (Å²) in [6.45, 7) is 8.22. The molecule has 1 saturated heterocycles. The number of nitrogens with zero attached hydrogens (tertiary/aromatic N) is 1. The van der Waals surface area contributed by atoms with Crippen LogP contribution in [0.5, 0.6) is 0 Å². The van der Waals surface area contributed by atoms with Gasteiger partial charge in [-0.3, -0.25) is 0 Å². The first-order valence-corrected chi connectivity index (χ1v) is 5.61. The average Bonchev–Trinajstić information content (AvgIpc) is 2.20. The SMILES string of the molecule is Cc1ccc(N2[C@H](C)COC[C@@H]2C)cc1. The minimum Gasteiger partial charge on any atom is -0.377 e. The van der Waals surface area contributed by atoms with Gasteiger partial charge in [0.2, 0.25) is 0 Å². The Bertz CT molecular complexity index is 310. The van der Waals surface area contributed by atoms with Crippen LogP contribution in [0.2, 0.25) is 0 Å². The minimum atomic E-state index is 0.469. The highest BCUT2D eigenvalue weighted by molar-refractivity contribution is 5.49. The molecule has 0 bridgehead atoms. The summed E-state index contributed by atoms with van der Waals surface area (Å²) in [7, 11) is 0. The topological polar surface area (TPSA) is 12.5 Å². The molecule has 2 nitrogen and oxygen atoms in total. The van der Waals surface area contributed by atoms with Crippen LogP contribution in [-0.4, -0.2) is 25.3 Å². The van der Waals surface area contributed by atoms with Gasteiger partial charge in [0.05, 0.1) is 13.2 Å². The van der Waals surface area contributed by atoms with Gasteiger partial charge in [0.15, 0.2) is 0 Å². The summed E-state index contributed by atoms with van der Waals surface area (Å²) in [4.78, 5) is 2.45. The van der Waals surface area contributed by atoms with Crippen molar-refractivity contribution in [2.24, 2.45) is 0 Å². The summed E-state index contributed by atoms with van der Waals surface area (Å²) in [6.07, 6.45) is 0. The molecule has 0 spiro atoms. The van der Waals surface area contributed by atoms with Crippen molar-refractivity contribution in [3.8, 4) is 0 Å². The monoisotopic (exact) mass is 205 g/mol. The van der Waals surface area contributed by atoms with Crippen LogP contribution in [0.3, 0.4) is 0 Å². The van der Waals surface area contributed by atoms with Gasteiger partial charge in [0, 0.05) is 17.8 Å². The average molecular weight is 205 g/mol. The first-order valence-electron chi connectivity index (χ1n) is 5.61. The first-order chi connectivity index (χ1) is 7.18. The van der Waals surface area contributed by atoms with Crippen LogP contribution in [0, 0.1) is 6.92 Å². The van der Waals surface area contributed by atoms with Crippen LogP contribution in [0.4, 0.5) is 5.69 Å². The number of rotatable bonds is 1. The Morgan fingerprint density at radius 2 is 1.60 bits per heavy atom. The molecule has 2 atom stereocenters. The lowest BCUT2D eigenvalue weighted by atomic mass is 10.1. The minimum absolute atomic E-state index is 0.469. The van der Waals surface area contributed by atoms with E-state index in [9.17, 15) is 0 Å². The molecule has 2 rings (SSSR count). The van der Waals surface area contributed by atoms with Gasteiger partial charge in [0.25, 0.3) is 0 Å². The van der Waals surface area contributed by atoms with Crippen molar-refractivity contribution in [1.82, 2.24) is 0 Å². The Morgan fingerprint density at radius 3 is 2.13 bits per heavy atom. The molecule has 0 saturated carbocycles. The molecule has 0 aliphatic carbocycles. The van der Waals surface area contributed by atoms with Gasteiger partial charge < -0.3 is 9.64 Å². The molecular formula is C13H19NO. The van der Waals surface area contributed by atoms with Crippen molar-refractivity contribution in [1.29, 1.82) is 0 Å². The molecule has 0 aromatic heterocycles. The molecule has 1 aromatic rings. The van der Waals surface area contributed by atoms with E-state index in [1.54, 1.807) is 0 Å². The van der Waals surface area contributed by atoms with E-state index < -0.39 is 0 Å². The highest BCUT2D eigenvalue weighted by Crippen LogP contribution is 2.23. The summed E-state index contributed by atoms with van der Waals surface area (Å²) < 4.78 is 5.53. The fourth-order valence-electron chi connectivity index (χ4n) is 2.23. The van der Waals surface area contributed by atoms with Gasteiger partial charge in [0.1, 0.15) is 0 Å². The number of hydrogen-bond donors (Lipinski definition) is 0.